The second-order valence-electron chi connectivity index (χ2n) is 15.0. The SMILES string of the molecule is CCCC(CCNC(=O)CC[C@@H](C)[C@H]1CC[C@H]2[C@@H]3CCC4CCCC[C@]4(C)[C@H]3CC[C@]12C)CCN(C)C. The van der Waals surface area contributed by atoms with E-state index in [0.717, 1.165) is 67.9 Å². The van der Waals surface area contributed by atoms with Gasteiger partial charge in [0.1, 0.15) is 0 Å². The molecule has 3 heteroatoms. The minimum Gasteiger partial charge on any atom is -0.356 e. The maximum absolute atomic E-state index is 12.8. The first-order chi connectivity index (χ1) is 17.7. The van der Waals surface area contributed by atoms with Gasteiger partial charge in [-0.1, -0.05) is 53.4 Å². The number of carbonyl (C=O) groups is 1. The van der Waals surface area contributed by atoms with E-state index in [0.29, 0.717) is 22.7 Å². The van der Waals surface area contributed by atoms with E-state index in [1.807, 2.05) is 0 Å². The molecular formula is C34H62N2O. The van der Waals surface area contributed by atoms with Gasteiger partial charge in [-0.15, -0.1) is 0 Å². The van der Waals surface area contributed by atoms with Crippen molar-refractivity contribution in [3.05, 3.63) is 0 Å². The predicted molar refractivity (Wildman–Crippen MR) is 157 cm³/mol. The summed E-state index contributed by atoms with van der Waals surface area (Å²) in [6.45, 7) is 12.2. The highest BCUT2D eigenvalue weighted by Crippen LogP contribution is 2.68. The van der Waals surface area contributed by atoms with Crippen molar-refractivity contribution < 1.29 is 4.79 Å². The van der Waals surface area contributed by atoms with E-state index in [-0.39, 0.29) is 0 Å². The van der Waals surface area contributed by atoms with Crippen molar-refractivity contribution in [3.63, 3.8) is 0 Å². The second kappa shape index (κ2) is 12.7. The molecule has 4 saturated carbocycles. The van der Waals surface area contributed by atoms with E-state index < -0.39 is 0 Å². The first-order valence-electron chi connectivity index (χ1n) is 16.6. The molecule has 4 rings (SSSR count). The van der Waals surface area contributed by atoms with Crippen LogP contribution in [-0.4, -0.2) is 38.0 Å². The number of amides is 1. The average molecular weight is 515 g/mol. The Labute approximate surface area is 230 Å². The highest BCUT2D eigenvalue weighted by molar-refractivity contribution is 5.75. The third kappa shape index (κ3) is 6.44. The Bertz CT molecular complexity index is 735. The number of rotatable bonds is 12. The summed E-state index contributed by atoms with van der Waals surface area (Å²) >= 11 is 0. The van der Waals surface area contributed by atoms with Crippen LogP contribution in [0.25, 0.3) is 0 Å². The molecule has 0 aromatic rings. The van der Waals surface area contributed by atoms with Gasteiger partial charge < -0.3 is 10.2 Å². The molecule has 1 N–H and O–H groups in total. The van der Waals surface area contributed by atoms with Crippen LogP contribution in [0.5, 0.6) is 0 Å². The Morgan fingerprint density at radius 1 is 0.892 bits per heavy atom. The summed E-state index contributed by atoms with van der Waals surface area (Å²) in [7, 11) is 4.32. The fraction of sp³-hybridized carbons (Fsp3) is 0.971. The summed E-state index contributed by atoms with van der Waals surface area (Å²) in [6.07, 6.45) is 21.5. The second-order valence-corrected chi connectivity index (χ2v) is 15.0. The van der Waals surface area contributed by atoms with E-state index in [4.69, 9.17) is 0 Å². The smallest absolute Gasteiger partial charge is 0.220 e. The molecule has 0 aromatic heterocycles. The van der Waals surface area contributed by atoms with Gasteiger partial charge in [-0.2, -0.15) is 0 Å². The van der Waals surface area contributed by atoms with Crippen molar-refractivity contribution in [2.24, 2.45) is 52.3 Å². The number of nitrogens with one attached hydrogen (secondary N) is 1. The Kier molecular flexibility index (Phi) is 10.1. The first-order valence-corrected chi connectivity index (χ1v) is 16.6. The highest BCUT2D eigenvalue weighted by atomic mass is 16.1. The minimum absolute atomic E-state index is 0.293. The molecule has 37 heavy (non-hydrogen) atoms. The largest absolute Gasteiger partial charge is 0.356 e. The van der Waals surface area contributed by atoms with Crippen LogP contribution in [0, 0.1) is 52.3 Å². The summed E-state index contributed by atoms with van der Waals surface area (Å²) in [4.78, 5) is 15.1. The van der Waals surface area contributed by atoms with Gasteiger partial charge in [0.05, 0.1) is 0 Å². The molecule has 9 atom stereocenters. The Hall–Kier alpha value is -0.570. The monoisotopic (exact) mass is 514 g/mol. The van der Waals surface area contributed by atoms with Gasteiger partial charge in [0.2, 0.25) is 5.91 Å². The van der Waals surface area contributed by atoms with Crippen molar-refractivity contribution in [2.75, 3.05) is 27.2 Å². The van der Waals surface area contributed by atoms with Gasteiger partial charge in [-0.05, 0) is 144 Å². The molecule has 4 aliphatic rings. The van der Waals surface area contributed by atoms with Crippen molar-refractivity contribution in [1.29, 1.82) is 0 Å². The zero-order valence-electron chi connectivity index (χ0n) is 25.6. The molecule has 0 aliphatic heterocycles. The van der Waals surface area contributed by atoms with E-state index >= 15 is 0 Å². The van der Waals surface area contributed by atoms with Crippen LogP contribution < -0.4 is 5.32 Å². The zero-order valence-corrected chi connectivity index (χ0v) is 25.6. The molecule has 0 bridgehead atoms. The van der Waals surface area contributed by atoms with Crippen LogP contribution in [-0.2, 0) is 4.79 Å². The van der Waals surface area contributed by atoms with Gasteiger partial charge >= 0.3 is 0 Å². The Balaban J connectivity index is 1.25. The number of hydrogen-bond acceptors (Lipinski definition) is 2. The fourth-order valence-corrected chi connectivity index (χ4v) is 10.6. The van der Waals surface area contributed by atoms with E-state index in [1.54, 1.807) is 0 Å². The molecular weight excluding hydrogens is 452 g/mol. The molecule has 4 fully saturated rings. The number of nitrogens with zero attached hydrogens (tertiary/aromatic N) is 1. The molecule has 0 radical (unpaired) electrons. The standard InChI is InChI=1S/C34H62N2O/c1-7-10-26(20-24-36(5)6)19-23-35-32(37)17-12-25(2)29-15-16-30-28-14-13-27-11-8-9-21-33(27,3)31(28)18-22-34(29,30)4/h25-31H,7-24H2,1-6H3,(H,35,37)/t25-,26?,27?,28+,29-,30+,31+,33+,34-/m1/s1. The van der Waals surface area contributed by atoms with Crippen molar-refractivity contribution in [1.82, 2.24) is 10.2 Å². The predicted octanol–water partition coefficient (Wildman–Crippen LogP) is 8.33. The summed E-state index contributed by atoms with van der Waals surface area (Å²) in [5.41, 5.74) is 1.17. The summed E-state index contributed by atoms with van der Waals surface area (Å²) in [5, 5.41) is 3.29. The number of fused-ring (bicyclic) bond motifs is 5. The average Bonchev–Trinajstić information content (AvgIpc) is 3.22. The minimum atomic E-state index is 0.293. The Morgan fingerprint density at radius 2 is 1.68 bits per heavy atom. The van der Waals surface area contributed by atoms with Crippen LogP contribution in [0.1, 0.15) is 130 Å². The third-order valence-corrected chi connectivity index (χ3v) is 12.7. The maximum atomic E-state index is 12.8. The number of carbonyl (C=O) groups excluding carboxylic acids is 1. The fourth-order valence-electron chi connectivity index (χ4n) is 10.6. The highest BCUT2D eigenvalue weighted by Gasteiger charge is 2.60. The van der Waals surface area contributed by atoms with Crippen LogP contribution in [0.15, 0.2) is 0 Å². The van der Waals surface area contributed by atoms with Crippen molar-refractivity contribution in [3.8, 4) is 0 Å². The van der Waals surface area contributed by atoms with Crippen LogP contribution in [0.2, 0.25) is 0 Å². The molecule has 2 unspecified atom stereocenters. The van der Waals surface area contributed by atoms with Crippen LogP contribution in [0.4, 0.5) is 0 Å². The molecule has 0 aromatic carbocycles. The maximum Gasteiger partial charge on any atom is 0.220 e. The van der Waals surface area contributed by atoms with E-state index in [9.17, 15) is 4.79 Å². The zero-order chi connectivity index (χ0) is 26.6. The number of hydrogen-bond donors (Lipinski definition) is 1. The normalized spacial score (nSPS) is 38.9. The van der Waals surface area contributed by atoms with Crippen LogP contribution in [0.3, 0.4) is 0 Å². The lowest BCUT2D eigenvalue weighted by atomic mass is 9.44. The quantitative estimate of drug-likeness (QED) is 0.284. The molecule has 0 heterocycles. The lowest BCUT2D eigenvalue weighted by Crippen LogP contribution is -2.53. The lowest BCUT2D eigenvalue weighted by Gasteiger charge is -2.61. The van der Waals surface area contributed by atoms with Gasteiger partial charge in [0.15, 0.2) is 0 Å². The first kappa shape index (κ1) is 29.4. The summed E-state index contributed by atoms with van der Waals surface area (Å²) < 4.78 is 0. The topological polar surface area (TPSA) is 32.3 Å². The summed E-state index contributed by atoms with van der Waals surface area (Å²) in [5.74, 6) is 6.48. The lowest BCUT2D eigenvalue weighted by molar-refractivity contribution is -0.122. The van der Waals surface area contributed by atoms with Gasteiger partial charge in [-0.3, -0.25) is 4.79 Å². The van der Waals surface area contributed by atoms with Gasteiger partial charge in [-0.25, -0.2) is 0 Å². The van der Waals surface area contributed by atoms with Crippen molar-refractivity contribution >= 4 is 5.91 Å². The van der Waals surface area contributed by atoms with Gasteiger partial charge in [0.25, 0.3) is 0 Å². The third-order valence-electron chi connectivity index (χ3n) is 12.7. The van der Waals surface area contributed by atoms with Gasteiger partial charge in [0, 0.05) is 13.0 Å². The molecule has 214 valence electrons. The molecule has 0 saturated heterocycles. The Morgan fingerprint density at radius 3 is 2.43 bits per heavy atom. The molecule has 3 nitrogen and oxygen atoms in total. The molecule has 0 spiro atoms. The van der Waals surface area contributed by atoms with E-state index in [1.165, 1.54) is 83.5 Å². The summed E-state index contributed by atoms with van der Waals surface area (Å²) in [6, 6.07) is 0. The van der Waals surface area contributed by atoms with Crippen molar-refractivity contribution in [2.45, 2.75) is 130 Å². The van der Waals surface area contributed by atoms with E-state index in [2.05, 4.69) is 52.0 Å². The molecule has 1 amide bonds. The van der Waals surface area contributed by atoms with Crippen LogP contribution >= 0.6 is 0 Å². The molecule has 4 aliphatic carbocycles.